The van der Waals surface area contributed by atoms with Crippen LogP contribution in [-0.4, -0.2) is 6.54 Å². The first-order valence-electron chi connectivity index (χ1n) is 9.15. The molecule has 0 spiro atoms. The van der Waals surface area contributed by atoms with E-state index in [0.29, 0.717) is 0 Å². The lowest BCUT2D eigenvalue weighted by Gasteiger charge is -2.28. The molecule has 3 aromatic rings. The Balaban J connectivity index is 1.76. The number of hydrogen-bond donors (Lipinski definition) is 0. The lowest BCUT2D eigenvalue weighted by molar-refractivity contribution is -0.688. The fourth-order valence-corrected chi connectivity index (χ4v) is 3.52. The molecular weight excluding hydrogens is 320 g/mol. The molecule has 26 heavy (non-hydrogen) atoms. The first kappa shape index (κ1) is 16.4. The number of nitrogens with zero attached hydrogens (tertiary/aromatic N) is 2. The van der Waals surface area contributed by atoms with E-state index in [0.717, 1.165) is 30.4 Å². The fraction of sp³-hybridized carbons (Fsp3) is 0.174. The van der Waals surface area contributed by atoms with Crippen molar-refractivity contribution in [1.29, 1.82) is 0 Å². The van der Waals surface area contributed by atoms with Gasteiger partial charge in [-0.05, 0) is 43.7 Å². The number of likely N-dealkylation sites (N-methyl/N-ethyl adjacent to an activating group) is 1. The summed E-state index contributed by atoms with van der Waals surface area (Å²) >= 11 is 0. The molecule has 4 rings (SSSR count). The Bertz CT molecular complexity index is 967. The van der Waals surface area contributed by atoms with E-state index in [1.807, 2.05) is 12.3 Å². The summed E-state index contributed by atoms with van der Waals surface area (Å²) in [6, 6.07) is 18.9. The summed E-state index contributed by atoms with van der Waals surface area (Å²) < 4.78 is 8.16. The van der Waals surface area contributed by atoms with Gasteiger partial charge in [0.05, 0.1) is 11.8 Å². The lowest BCUT2D eigenvalue weighted by Crippen LogP contribution is -2.36. The van der Waals surface area contributed by atoms with Crippen molar-refractivity contribution in [1.82, 2.24) is 0 Å². The topological polar surface area (TPSA) is 20.3 Å². The van der Waals surface area contributed by atoms with Crippen LogP contribution in [0.3, 0.4) is 0 Å². The van der Waals surface area contributed by atoms with E-state index in [9.17, 15) is 0 Å². The number of benzene rings is 2. The Labute approximate surface area is 154 Å². The van der Waals surface area contributed by atoms with Crippen LogP contribution in [0.5, 0.6) is 0 Å². The fourth-order valence-electron chi connectivity index (χ4n) is 3.52. The highest BCUT2D eigenvalue weighted by molar-refractivity contribution is 5.79. The van der Waals surface area contributed by atoms with Crippen molar-refractivity contribution in [3.63, 3.8) is 0 Å². The summed E-state index contributed by atoms with van der Waals surface area (Å²) in [6.07, 6.45) is 8.31. The minimum Gasteiger partial charge on any atom is -0.406 e. The average molecular weight is 343 g/mol. The van der Waals surface area contributed by atoms with Crippen molar-refractivity contribution < 1.29 is 8.98 Å². The average Bonchev–Trinajstić information content (AvgIpc) is 3.11. The first-order chi connectivity index (χ1) is 12.8. The van der Waals surface area contributed by atoms with Crippen LogP contribution in [0.1, 0.15) is 25.3 Å². The van der Waals surface area contributed by atoms with Crippen molar-refractivity contribution in [3.8, 4) is 11.3 Å². The molecule has 0 atom stereocenters. The second kappa shape index (κ2) is 7.04. The molecule has 1 aliphatic rings. The SMILES string of the molecule is CCN1C(=Cc2occ(-c3ccccc3)[n+]2CC)C=Cc2ccccc21. The van der Waals surface area contributed by atoms with Crippen LogP contribution in [-0.2, 0) is 6.54 Å². The van der Waals surface area contributed by atoms with Gasteiger partial charge in [0.1, 0.15) is 6.54 Å². The number of aromatic nitrogens is 1. The molecule has 2 aromatic carbocycles. The molecule has 1 aromatic heterocycles. The number of para-hydroxylation sites is 1. The van der Waals surface area contributed by atoms with E-state index < -0.39 is 0 Å². The van der Waals surface area contributed by atoms with Crippen LogP contribution >= 0.6 is 0 Å². The second-order valence-corrected chi connectivity index (χ2v) is 6.28. The highest BCUT2D eigenvalue weighted by atomic mass is 16.3. The number of rotatable bonds is 4. The summed E-state index contributed by atoms with van der Waals surface area (Å²) in [5.41, 5.74) is 5.89. The number of fused-ring (bicyclic) bond motifs is 1. The minimum absolute atomic E-state index is 0.853. The zero-order valence-electron chi connectivity index (χ0n) is 15.2. The van der Waals surface area contributed by atoms with Crippen LogP contribution in [0.4, 0.5) is 5.69 Å². The van der Waals surface area contributed by atoms with E-state index in [1.165, 1.54) is 16.8 Å². The van der Waals surface area contributed by atoms with Gasteiger partial charge in [-0.1, -0.05) is 42.5 Å². The molecular formula is C23H23N2O+. The van der Waals surface area contributed by atoms with Gasteiger partial charge < -0.3 is 9.32 Å². The van der Waals surface area contributed by atoms with Crippen molar-refractivity contribution >= 4 is 17.8 Å². The van der Waals surface area contributed by atoms with Crippen LogP contribution in [0.15, 0.2) is 77.1 Å². The van der Waals surface area contributed by atoms with Crippen LogP contribution < -0.4 is 9.47 Å². The molecule has 0 unspecified atom stereocenters. The highest BCUT2D eigenvalue weighted by Gasteiger charge is 2.23. The van der Waals surface area contributed by atoms with E-state index in [1.54, 1.807) is 0 Å². The first-order valence-corrected chi connectivity index (χ1v) is 9.15. The Hall–Kier alpha value is -3.07. The lowest BCUT2D eigenvalue weighted by atomic mass is 10.1. The summed E-state index contributed by atoms with van der Waals surface area (Å²) in [5, 5.41) is 0. The number of allylic oxidation sites excluding steroid dienone is 1. The standard InChI is InChI=1S/C23H23N2O/c1-3-24-20(15-14-19-12-8-9-13-21(19)24)16-23-25(4-2)22(17-26-23)18-10-6-5-7-11-18/h5-17H,3-4H2,1-2H3/q+1. The summed E-state index contributed by atoms with van der Waals surface area (Å²) in [7, 11) is 0. The molecule has 3 nitrogen and oxygen atoms in total. The Morgan fingerprint density at radius 1 is 0.962 bits per heavy atom. The van der Waals surface area contributed by atoms with Gasteiger partial charge in [-0.25, -0.2) is 0 Å². The van der Waals surface area contributed by atoms with Gasteiger partial charge in [0, 0.05) is 17.8 Å². The maximum absolute atomic E-state index is 5.95. The molecule has 0 bridgehead atoms. The molecule has 0 fully saturated rings. The molecule has 0 amide bonds. The molecule has 1 aliphatic heterocycles. The Morgan fingerprint density at radius 2 is 1.73 bits per heavy atom. The summed E-state index contributed by atoms with van der Waals surface area (Å²) in [4.78, 5) is 2.32. The molecule has 0 N–H and O–H groups in total. The molecule has 0 aliphatic carbocycles. The normalized spacial score (nSPS) is 14.7. The second-order valence-electron chi connectivity index (χ2n) is 6.28. The summed E-state index contributed by atoms with van der Waals surface area (Å²) in [6.45, 7) is 6.08. The number of hydrogen-bond acceptors (Lipinski definition) is 2. The summed E-state index contributed by atoms with van der Waals surface area (Å²) in [5.74, 6) is 0.865. The van der Waals surface area contributed by atoms with E-state index in [-0.39, 0.29) is 0 Å². The maximum atomic E-state index is 5.95. The van der Waals surface area contributed by atoms with E-state index in [4.69, 9.17) is 4.42 Å². The molecule has 0 radical (unpaired) electrons. The predicted octanol–water partition coefficient (Wildman–Crippen LogP) is 5.15. The zero-order valence-corrected chi connectivity index (χ0v) is 15.2. The van der Waals surface area contributed by atoms with Crippen molar-refractivity contribution in [2.75, 3.05) is 11.4 Å². The van der Waals surface area contributed by atoms with Gasteiger partial charge >= 0.3 is 5.89 Å². The minimum atomic E-state index is 0.853. The third-order valence-corrected chi connectivity index (χ3v) is 4.79. The number of oxazole rings is 1. The largest absolute Gasteiger partial charge is 0.406 e. The van der Waals surface area contributed by atoms with Crippen LogP contribution in [0, 0.1) is 0 Å². The maximum Gasteiger partial charge on any atom is 0.375 e. The highest BCUT2D eigenvalue weighted by Crippen LogP contribution is 2.31. The molecule has 130 valence electrons. The van der Waals surface area contributed by atoms with E-state index >= 15 is 0 Å². The molecule has 0 saturated carbocycles. The third-order valence-electron chi connectivity index (χ3n) is 4.79. The van der Waals surface area contributed by atoms with Crippen molar-refractivity contribution in [2.45, 2.75) is 20.4 Å². The van der Waals surface area contributed by atoms with Gasteiger partial charge in [0.15, 0.2) is 6.26 Å². The van der Waals surface area contributed by atoms with Crippen LogP contribution in [0.25, 0.3) is 23.4 Å². The van der Waals surface area contributed by atoms with Crippen LogP contribution in [0.2, 0.25) is 0 Å². The monoisotopic (exact) mass is 343 g/mol. The molecule has 2 heterocycles. The molecule has 0 saturated heterocycles. The Morgan fingerprint density at radius 3 is 2.50 bits per heavy atom. The van der Waals surface area contributed by atoms with E-state index in [2.05, 4.69) is 90.1 Å². The van der Waals surface area contributed by atoms with Gasteiger partial charge in [-0.15, -0.1) is 0 Å². The molecule has 3 heteroatoms. The zero-order chi connectivity index (χ0) is 17.9. The van der Waals surface area contributed by atoms with Crippen molar-refractivity contribution in [2.24, 2.45) is 0 Å². The van der Waals surface area contributed by atoms with Gasteiger partial charge in [-0.3, -0.25) is 0 Å². The van der Waals surface area contributed by atoms with Crippen molar-refractivity contribution in [3.05, 3.63) is 84.1 Å². The van der Waals surface area contributed by atoms with Gasteiger partial charge in [-0.2, -0.15) is 4.57 Å². The van der Waals surface area contributed by atoms with Gasteiger partial charge in [0.2, 0.25) is 0 Å². The number of anilines is 1. The van der Waals surface area contributed by atoms with Gasteiger partial charge in [0.25, 0.3) is 5.69 Å². The quantitative estimate of drug-likeness (QED) is 0.611. The predicted molar refractivity (Wildman–Crippen MR) is 106 cm³/mol. The third kappa shape index (κ3) is 2.86. The smallest absolute Gasteiger partial charge is 0.375 e. The Kier molecular flexibility index (Phi) is 4.44.